The molecule has 6 rings (SSSR count). The number of benzene rings is 4. The van der Waals surface area contributed by atoms with Gasteiger partial charge in [0.1, 0.15) is 18.1 Å². The number of nitrogens with zero attached hydrogens (tertiary/aromatic N) is 3. The Kier molecular flexibility index (Phi) is 12.0. The maximum Gasteiger partial charge on any atom is 0.246 e. The van der Waals surface area contributed by atoms with Crippen molar-refractivity contribution in [3.63, 3.8) is 0 Å². The van der Waals surface area contributed by atoms with E-state index in [0.717, 1.165) is 48.5 Å². The molecule has 0 aliphatic carbocycles. The highest BCUT2D eigenvalue weighted by Gasteiger charge is 2.20. The van der Waals surface area contributed by atoms with E-state index in [2.05, 4.69) is 84.4 Å². The number of aromatic nitrogens is 1. The van der Waals surface area contributed by atoms with Crippen LogP contribution in [0.1, 0.15) is 38.9 Å². The molecule has 1 aliphatic rings. The summed E-state index contributed by atoms with van der Waals surface area (Å²) in [6.45, 7) is 11.1. The summed E-state index contributed by atoms with van der Waals surface area (Å²) in [6, 6.07) is 32.5. The zero-order valence-corrected chi connectivity index (χ0v) is 30.2. The van der Waals surface area contributed by atoms with Crippen LogP contribution < -0.4 is 14.2 Å². The van der Waals surface area contributed by atoms with Crippen molar-refractivity contribution in [1.82, 2.24) is 14.8 Å². The minimum atomic E-state index is -0.00477. The number of aryl methyl sites for hydroxylation is 3. The largest absolute Gasteiger partial charge is 0.493 e. The van der Waals surface area contributed by atoms with E-state index in [1.807, 2.05) is 42.2 Å². The molecule has 7 nitrogen and oxygen atoms in total. The molecule has 51 heavy (non-hydrogen) atoms. The number of ether oxygens (including phenoxy) is 3. The molecular formula is C43H44ClN3O4. The monoisotopic (exact) mass is 701 g/mol. The zero-order chi connectivity index (χ0) is 35.6. The molecule has 0 N–H and O–H groups in total. The number of rotatable bonds is 13. The van der Waals surface area contributed by atoms with Crippen molar-refractivity contribution in [1.29, 1.82) is 0 Å². The van der Waals surface area contributed by atoms with Crippen LogP contribution in [0.4, 0.5) is 0 Å². The molecule has 4 aromatic carbocycles. The maximum absolute atomic E-state index is 13.0. The lowest BCUT2D eigenvalue weighted by atomic mass is 10.1. The van der Waals surface area contributed by atoms with Crippen LogP contribution in [-0.4, -0.2) is 53.5 Å². The predicted octanol–water partition coefficient (Wildman–Crippen LogP) is 9.01. The second-order valence-electron chi connectivity index (χ2n) is 13.0. The number of hydrogen-bond acceptors (Lipinski definition) is 6. The van der Waals surface area contributed by atoms with Crippen LogP contribution in [0.25, 0.3) is 6.08 Å². The summed E-state index contributed by atoms with van der Waals surface area (Å²) < 4.78 is 17.8. The van der Waals surface area contributed by atoms with Crippen molar-refractivity contribution < 1.29 is 19.0 Å². The predicted molar refractivity (Wildman–Crippen MR) is 204 cm³/mol. The van der Waals surface area contributed by atoms with E-state index in [0.29, 0.717) is 48.7 Å². The molecule has 1 aromatic heterocycles. The van der Waals surface area contributed by atoms with E-state index >= 15 is 0 Å². The van der Waals surface area contributed by atoms with E-state index in [-0.39, 0.29) is 5.91 Å². The Labute approximate surface area is 306 Å². The normalized spacial score (nSPS) is 13.4. The molecule has 0 atom stereocenters. The number of amides is 1. The highest BCUT2D eigenvalue weighted by atomic mass is 35.5. The summed E-state index contributed by atoms with van der Waals surface area (Å²) in [5.41, 5.74) is 7.73. The van der Waals surface area contributed by atoms with Crippen LogP contribution in [0.3, 0.4) is 0 Å². The Morgan fingerprint density at radius 3 is 2.08 bits per heavy atom. The summed E-state index contributed by atoms with van der Waals surface area (Å²) in [7, 11) is 0. The first-order chi connectivity index (χ1) is 24.8. The first-order valence-corrected chi connectivity index (χ1v) is 17.7. The van der Waals surface area contributed by atoms with Crippen LogP contribution in [0.15, 0.2) is 109 Å². The van der Waals surface area contributed by atoms with Crippen LogP contribution in [-0.2, 0) is 24.4 Å². The van der Waals surface area contributed by atoms with Gasteiger partial charge in [-0.25, -0.2) is 4.98 Å². The highest BCUT2D eigenvalue weighted by molar-refractivity contribution is 6.32. The van der Waals surface area contributed by atoms with Gasteiger partial charge in [-0.1, -0.05) is 83.4 Å². The van der Waals surface area contributed by atoms with Gasteiger partial charge in [-0.15, -0.1) is 0 Å². The quantitative estimate of drug-likeness (QED) is 0.114. The molecule has 1 saturated heterocycles. The molecule has 2 heterocycles. The second-order valence-corrected chi connectivity index (χ2v) is 13.4. The first kappa shape index (κ1) is 35.7. The van der Waals surface area contributed by atoms with Gasteiger partial charge in [0.15, 0.2) is 5.75 Å². The van der Waals surface area contributed by atoms with Crippen LogP contribution in [0, 0.1) is 20.8 Å². The minimum Gasteiger partial charge on any atom is -0.493 e. The molecule has 0 spiro atoms. The van der Waals surface area contributed by atoms with Crippen molar-refractivity contribution >= 4 is 23.6 Å². The Bertz CT molecular complexity index is 1890. The van der Waals surface area contributed by atoms with Gasteiger partial charge < -0.3 is 19.1 Å². The van der Waals surface area contributed by atoms with Gasteiger partial charge in [0, 0.05) is 51.3 Å². The molecular weight excluding hydrogens is 658 g/mol. The third-order valence-corrected chi connectivity index (χ3v) is 9.19. The molecule has 5 aromatic rings. The Morgan fingerprint density at radius 2 is 1.41 bits per heavy atom. The molecule has 8 heteroatoms. The SMILES string of the molecule is Cc1ccc(COc2ccc(Oc3c(C)cc(/C=C/C(=O)N4CCN(Cc5ccc(CCOc6ccc(C)cc6)cc5)CC4)cc3Cl)nc2)cc1. The maximum atomic E-state index is 13.0. The van der Waals surface area contributed by atoms with E-state index in [4.69, 9.17) is 25.8 Å². The highest BCUT2D eigenvalue weighted by Crippen LogP contribution is 2.34. The van der Waals surface area contributed by atoms with Gasteiger partial charge in [-0.2, -0.15) is 0 Å². The van der Waals surface area contributed by atoms with Gasteiger partial charge in [-0.05, 0) is 85.0 Å². The van der Waals surface area contributed by atoms with Crippen molar-refractivity contribution in [2.45, 2.75) is 40.3 Å². The first-order valence-electron chi connectivity index (χ1n) is 17.4. The Morgan fingerprint density at radius 1 is 0.765 bits per heavy atom. The molecule has 0 bridgehead atoms. The molecule has 1 aliphatic heterocycles. The fourth-order valence-electron chi connectivity index (χ4n) is 5.84. The average molecular weight is 702 g/mol. The molecule has 0 radical (unpaired) electrons. The summed E-state index contributed by atoms with van der Waals surface area (Å²) >= 11 is 6.63. The Hall–Kier alpha value is -5.11. The number of halogens is 1. The standard InChI is InChI=1S/C43H44ClN3O4/c1-31-4-8-36(9-5-31)30-50-39-17-18-41(45-28-39)51-43-33(3)26-37(27-40(43)44)14-19-42(48)47-23-21-46(22-24-47)29-35-12-10-34(11-13-35)20-25-49-38-15-6-32(2)7-16-38/h4-19,26-28H,20-25,29-30H2,1-3H3/b19-14+. The van der Waals surface area contributed by atoms with Crippen molar-refractivity contribution in [2.24, 2.45) is 0 Å². The van der Waals surface area contributed by atoms with Crippen molar-refractivity contribution in [3.05, 3.63) is 153 Å². The number of hydrogen-bond donors (Lipinski definition) is 0. The van der Waals surface area contributed by atoms with Crippen LogP contribution in [0.5, 0.6) is 23.1 Å². The van der Waals surface area contributed by atoms with Crippen LogP contribution in [0.2, 0.25) is 5.02 Å². The molecule has 1 fully saturated rings. The number of carbonyl (C=O) groups is 1. The van der Waals surface area contributed by atoms with E-state index in [1.165, 1.54) is 22.3 Å². The number of pyridine rings is 1. The fraction of sp³-hybridized carbons (Fsp3) is 0.256. The molecule has 262 valence electrons. The summed E-state index contributed by atoms with van der Waals surface area (Å²) in [5, 5.41) is 0.445. The van der Waals surface area contributed by atoms with E-state index in [9.17, 15) is 4.79 Å². The minimum absolute atomic E-state index is 0.00477. The smallest absolute Gasteiger partial charge is 0.246 e. The number of piperazine rings is 1. The third kappa shape index (κ3) is 10.5. The second kappa shape index (κ2) is 17.2. The fourth-order valence-corrected chi connectivity index (χ4v) is 6.15. The topological polar surface area (TPSA) is 64.1 Å². The third-order valence-electron chi connectivity index (χ3n) is 8.91. The lowest BCUT2D eigenvalue weighted by molar-refractivity contribution is -0.127. The zero-order valence-electron chi connectivity index (χ0n) is 29.5. The van der Waals surface area contributed by atoms with Crippen LogP contribution >= 0.6 is 11.6 Å². The van der Waals surface area contributed by atoms with Gasteiger partial charge in [0.25, 0.3) is 0 Å². The van der Waals surface area contributed by atoms with E-state index < -0.39 is 0 Å². The van der Waals surface area contributed by atoms with Gasteiger partial charge >= 0.3 is 0 Å². The molecule has 1 amide bonds. The summed E-state index contributed by atoms with van der Waals surface area (Å²) in [4.78, 5) is 21.7. The van der Waals surface area contributed by atoms with Gasteiger partial charge in [0.05, 0.1) is 17.8 Å². The number of carbonyl (C=O) groups excluding carboxylic acids is 1. The molecule has 0 saturated carbocycles. The molecule has 0 unspecified atom stereocenters. The summed E-state index contributed by atoms with van der Waals surface area (Å²) in [6.07, 6.45) is 5.94. The van der Waals surface area contributed by atoms with Gasteiger partial charge in [0.2, 0.25) is 11.8 Å². The van der Waals surface area contributed by atoms with Gasteiger partial charge in [-0.3, -0.25) is 9.69 Å². The van der Waals surface area contributed by atoms with Crippen molar-refractivity contribution in [2.75, 3.05) is 32.8 Å². The van der Waals surface area contributed by atoms with E-state index in [1.54, 1.807) is 24.4 Å². The summed E-state index contributed by atoms with van der Waals surface area (Å²) in [5.74, 6) is 2.49. The van der Waals surface area contributed by atoms with Crippen molar-refractivity contribution in [3.8, 4) is 23.1 Å². The average Bonchev–Trinajstić information content (AvgIpc) is 3.14. The Balaban J connectivity index is 0.931. The lowest BCUT2D eigenvalue weighted by Crippen LogP contribution is -2.47. The lowest BCUT2D eigenvalue weighted by Gasteiger charge is -2.34.